The predicted molar refractivity (Wildman–Crippen MR) is 43.1 cm³/mol. The smallest absolute Gasteiger partial charge is 0.0760 e. The summed E-state index contributed by atoms with van der Waals surface area (Å²) in [5, 5.41) is 5.98. The molecule has 10 heavy (non-hydrogen) atoms. The Morgan fingerprint density at radius 1 is 1.50 bits per heavy atom. The third kappa shape index (κ3) is 2.43. The van der Waals surface area contributed by atoms with Crippen molar-refractivity contribution in [3.8, 4) is 0 Å². The molecule has 0 bridgehead atoms. The third-order valence-electron chi connectivity index (χ3n) is 1.12. The van der Waals surface area contributed by atoms with Crippen LogP contribution in [-0.2, 0) is 6.42 Å². The molecule has 0 spiro atoms. The van der Waals surface area contributed by atoms with Crippen molar-refractivity contribution in [2.24, 2.45) is 5.41 Å². The van der Waals surface area contributed by atoms with Gasteiger partial charge in [-0.15, -0.1) is 5.10 Å². The van der Waals surface area contributed by atoms with Crippen LogP contribution in [0.2, 0.25) is 0 Å². The molecule has 0 aliphatic heterocycles. The lowest BCUT2D eigenvalue weighted by atomic mass is 9.91. The van der Waals surface area contributed by atoms with Crippen LogP contribution in [0, 0.1) is 5.41 Å². The number of hydrogen-bond acceptors (Lipinski definition) is 3. The molecule has 1 heterocycles. The van der Waals surface area contributed by atoms with Crippen LogP contribution in [0.1, 0.15) is 26.5 Å². The molecule has 1 aromatic rings. The molecule has 1 aromatic heterocycles. The van der Waals surface area contributed by atoms with Crippen molar-refractivity contribution in [2.45, 2.75) is 27.2 Å². The highest BCUT2D eigenvalue weighted by atomic mass is 32.1. The largest absolute Gasteiger partial charge is 0.143 e. The Morgan fingerprint density at radius 2 is 2.20 bits per heavy atom. The minimum absolute atomic E-state index is 0.329. The van der Waals surface area contributed by atoms with Gasteiger partial charge in [0, 0.05) is 5.38 Å². The number of nitrogens with zero attached hydrogens (tertiary/aromatic N) is 2. The molecule has 0 N–H and O–H groups in total. The molecule has 3 heteroatoms. The van der Waals surface area contributed by atoms with Crippen molar-refractivity contribution in [3.63, 3.8) is 0 Å². The number of hydrogen-bond donors (Lipinski definition) is 0. The molecule has 0 unspecified atom stereocenters. The molecular weight excluding hydrogens is 144 g/mol. The molecule has 0 aromatic carbocycles. The Hall–Kier alpha value is -0.440. The van der Waals surface area contributed by atoms with E-state index in [1.807, 2.05) is 5.38 Å². The summed E-state index contributed by atoms with van der Waals surface area (Å²) in [6.45, 7) is 6.60. The van der Waals surface area contributed by atoms with Gasteiger partial charge in [0.2, 0.25) is 0 Å². The van der Waals surface area contributed by atoms with Crippen molar-refractivity contribution >= 4 is 11.5 Å². The van der Waals surface area contributed by atoms with Crippen LogP contribution in [0.25, 0.3) is 0 Å². The van der Waals surface area contributed by atoms with Crippen LogP contribution in [0.3, 0.4) is 0 Å². The van der Waals surface area contributed by atoms with Gasteiger partial charge in [-0.05, 0) is 23.4 Å². The highest BCUT2D eigenvalue weighted by Crippen LogP contribution is 2.19. The zero-order valence-corrected chi connectivity index (χ0v) is 7.40. The van der Waals surface area contributed by atoms with E-state index in [-0.39, 0.29) is 0 Å². The molecule has 2 nitrogen and oxygen atoms in total. The normalized spacial score (nSPS) is 11.9. The first-order chi connectivity index (χ1) is 4.58. The standard InChI is InChI=1S/C7H12N2S/c1-7(2,3)4-6-5-10-9-8-6/h5H,4H2,1-3H3. The summed E-state index contributed by atoms with van der Waals surface area (Å²) in [5.41, 5.74) is 1.44. The average molecular weight is 156 g/mol. The molecule has 0 saturated heterocycles. The monoisotopic (exact) mass is 156 g/mol. The summed E-state index contributed by atoms with van der Waals surface area (Å²) >= 11 is 1.42. The maximum absolute atomic E-state index is 3.97. The van der Waals surface area contributed by atoms with Crippen LogP contribution < -0.4 is 0 Å². The minimum atomic E-state index is 0.329. The molecule has 1 rings (SSSR count). The first-order valence-electron chi connectivity index (χ1n) is 3.34. The van der Waals surface area contributed by atoms with Crippen LogP contribution in [0.4, 0.5) is 0 Å². The lowest BCUT2D eigenvalue weighted by Gasteiger charge is -2.14. The van der Waals surface area contributed by atoms with Gasteiger partial charge in [-0.25, -0.2) is 0 Å². The quantitative estimate of drug-likeness (QED) is 0.622. The van der Waals surface area contributed by atoms with Gasteiger partial charge < -0.3 is 0 Å². The third-order valence-corrected chi connectivity index (χ3v) is 1.67. The van der Waals surface area contributed by atoms with Crippen molar-refractivity contribution in [1.82, 2.24) is 9.59 Å². The highest BCUT2D eigenvalue weighted by Gasteiger charge is 2.12. The minimum Gasteiger partial charge on any atom is -0.143 e. The van der Waals surface area contributed by atoms with Crippen LogP contribution in [0.5, 0.6) is 0 Å². The van der Waals surface area contributed by atoms with E-state index in [0.29, 0.717) is 5.41 Å². The van der Waals surface area contributed by atoms with E-state index in [9.17, 15) is 0 Å². The van der Waals surface area contributed by atoms with Gasteiger partial charge in [0.05, 0.1) is 5.69 Å². The molecule has 0 aliphatic carbocycles. The fourth-order valence-corrected chi connectivity index (χ4v) is 1.26. The van der Waals surface area contributed by atoms with Crippen LogP contribution >= 0.6 is 11.5 Å². The molecule has 56 valence electrons. The van der Waals surface area contributed by atoms with Crippen molar-refractivity contribution in [2.75, 3.05) is 0 Å². The fraction of sp³-hybridized carbons (Fsp3) is 0.714. The van der Waals surface area contributed by atoms with Crippen LogP contribution in [0.15, 0.2) is 5.38 Å². The van der Waals surface area contributed by atoms with Crippen LogP contribution in [-0.4, -0.2) is 9.59 Å². The maximum Gasteiger partial charge on any atom is 0.0760 e. The van der Waals surface area contributed by atoms with E-state index in [1.165, 1.54) is 11.5 Å². The van der Waals surface area contributed by atoms with Gasteiger partial charge in [-0.2, -0.15) is 0 Å². The lowest BCUT2D eigenvalue weighted by molar-refractivity contribution is 0.406. The maximum atomic E-state index is 3.97. The van der Waals surface area contributed by atoms with Gasteiger partial charge in [0.15, 0.2) is 0 Å². The van der Waals surface area contributed by atoms with E-state index in [0.717, 1.165) is 12.1 Å². The molecule has 0 radical (unpaired) electrons. The molecule has 0 aliphatic rings. The van der Waals surface area contributed by atoms with E-state index in [1.54, 1.807) is 0 Å². The topological polar surface area (TPSA) is 25.8 Å². The van der Waals surface area contributed by atoms with E-state index >= 15 is 0 Å². The molecular formula is C7H12N2S. The second kappa shape index (κ2) is 2.66. The van der Waals surface area contributed by atoms with Gasteiger partial charge in [-0.1, -0.05) is 25.3 Å². The summed E-state index contributed by atoms with van der Waals surface area (Å²) in [5.74, 6) is 0. The van der Waals surface area contributed by atoms with Gasteiger partial charge in [-0.3, -0.25) is 0 Å². The summed E-state index contributed by atoms with van der Waals surface area (Å²) in [7, 11) is 0. The van der Waals surface area contributed by atoms with Crippen molar-refractivity contribution < 1.29 is 0 Å². The molecule has 0 amide bonds. The lowest BCUT2D eigenvalue weighted by Crippen LogP contribution is -2.09. The van der Waals surface area contributed by atoms with E-state index in [2.05, 4.69) is 30.4 Å². The fourth-order valence-electron chi connectivity index (χ4n) is 0.804. The zero-order chi connectivity index (χ0) is 7.61. The second-order valence-corrected chi connectivity index (χ2v) is 4.24. The SMILES string of the molecule is CC(C)(C)Cc1csnn1. The Kier molecular flexibility index (Phi) is 2.04. The highest BCUT2D eigenvalue weighted by molar-refractivity contribution is 7.03. The molecule has 0 atom stereocenters. The summed E-state index contributed by atoms with van der Waals surface area (Å²) < 4.78 is 3.80. The number of rotatable bonds is 1. The Bertz CT molecular complexity index is 186. The average Bonchev–Trinajstić information content (AvgIpc) is 2.12. The second-order valence-electron chi connectivity index (χ2n) is 3.63. The predicted octanol–water partition coefficient (Wildman–Crippen LogP) is 2.13. The van der Waals surface area contributed by atoms with E-state index < -0.39 is 0 Å². The van der Waals surface area contributed by atoms with Crippen molar-refractivity contribution in [3.05, 3.63) is 11.1 Å². The summed E-state index contributed by atoms with van der Waals surface area (Å²) in [6, 6.07) is 0. The van der Waals surface area contributed by atoms with Crippen molar-refractivity contribution in [1.29, 1.82) is 0 Å². The summed E-state index contributed by atoms with van der Waals surface area (Å²) in [4.78, 5) is 0. The van der Waals surface area contributed by atoms with Gasteiger partial charge in [0.1, 0.15) is 0 Å². The first-order valence-corrected chi connectivity index (χ1v) is 4.17. The zero-order valence-electron chi connectivity index (χ0n) is 6.59. The first kappa shape index (κ1) is 7.66. The Labute approximate surface area is 65.4 Å². The molecule has 0 fully saturated rings. The van der Waals surface area contributed by atoms with Gasteiger partial charge in [0.25, 0.3) is 0 Å². The van der Waals surface area contributed by atoms with E-state index in [4.69, 9.17) is 0 Å². The Morgan fingerprint density at radius 3 is 2.60 bits per heavy atom. The molecule has 0 saturated carbocycles. The number of aromatic nitrogens is 2. The van der Waals surface area contributed by atoms with Gasteiger partial charge >= 0.3 is 0 Å². The summed E-state index contributed by atoms with van der Waals surface area (Å²) in [6.07, 6.45) is 1.02. The Balaban J connectivity index is 2.57.